The second-order valence-corrected chi connectivity index (χ2v) is 4.86. The van der Waals surface area contributed by atoms with Crippen molar-refractivity contribution in [1.29, 1.82) is 0 Å². The summed E-state index contributed by atoms with van der Waals surface area (Å²) in [6, 6.07) is 0. The van der Waals surface area contributed by atoms with Crippen LogP contribution in [0.4, 0.5) is 0 Å². The number of aromatic nitrogens is 2. The lowest BCUT2D eigenvalue weighted by Crippen LogP contribution is -2.41. The zero-order valence-corrected chi connectivity index (χ0v) is 9.79. The molecule has 2 heterocycles. The van der Waals surface area contributed by atoms with Crippen molar-refractivity contribution in [2.45, 2.75) is 45.7 Å². The summed E-state index contributed by atoms with van der Waals surface area (Å²) in [7, 11) is -1.18. The van der Waals surface area contributed by atoms with Crippen LogP contribution in [0.5, 0.6) is 0 Å². The minimum Gasteiger partial charge on any atom is -0.398 e. The number of hydrogen-bond acceptors (Lipinski definition) is 3. The summed E-state index contributed by atoms with van der Waals surface area (Å²) < 4.78 is 65.3. The third kappa shape index (κ3) is 1.58. The van der Waals surface area contributed by atoms with E-state index in [1.807, 2.05) is 0 Å². The van der Waals surface area contributed by atoms with E-state index in [0.29, 0.717) is 4.57 Å². The van der Waals surface area contributed by atoms with Gasteiger partial charge in [0.15, 0.2) is 0 Å². The van der Waals surface area contributed by atoms with E-state index in [2.05, 4.69) is 4.98 Å². The summed E-state index contributed by atoms with van der Waals surface area (Å²) in [5.41, 5.74) is -1.72. The molecule has 5 heteroatoms. The van der Waals surface area contributed by atoms with Crippen molar-refractivity contribution in [3.63, 3.8) is 0 Å². The number of rotatable bonds is 1. The molecule has 1 fully saturated rings. The molecule has 2 rings (SSSR count). The number of nitrogens with zero attached hydrogens (tertiary/aromatic N) is 2. The highest BCUT2D eigenvalue weighted by Crippen LogP contribution is 2.36. The van der Waals surface area contributed by atoms with E-state index in [9.17, 15) is 0 Å². The first-order valence-electron chi connectivity index (χ1n) is 8.54. The van der Waals surface area contributed by atoms with Gasteiger partial charge in [-0.3, -0.25) is 0 Å². The summed E-state index contributed by atoms with van der Waals surface area (Å²) >= 11 is 0. The van der Waals surface area contributed by atoms with Crippen LogP contribution in [0.3, 0.4) is 0 Å². The van der Waals surface area contributed by atoms with Crippen LogP contribution in [-0.4, -0.2) is 27.9 Å². The Morgan fingerprint density at radius 1 is 1.38 bits per heavy atom. The molecule has 1 aromatic heterocycles. The van der Waals surface area contributed by atoms with Crippen LogP contribution < -0.4 is 5.59 Å². The fraction of sp³-hybridized carbons (Fsp3) is 0.727. The van der Waals surface area contributed by atoms with Gasteiger partial charge in [-0.25, -0.2) is 4.98 Å². The summed E-state index contributed by atoms with van der Waals surface area (Å²) in [6.45, 7) is 1.50. The highest BCUT2D eigenvalue weighted by atomic mass is 16.7. The number of aryl methyl sites for hydroxylation is 1. The third-order valence-corrected chi connectivity index (χ3v) is 3.21. The highest BCUT2D eigenvalue weighted by molar-refractivity contribution is 6.61. The predicted molar refractivity (Wildman–Crippen MR) is 63.7 cm³/mol. The smallest absolute Gasteiger partial charge is 0.398 e. The summed E-state index contributed by atoms with van der Waals surface area (Å²) in [6.07, 6.45) is -0.481. The van der Waals surface area contributed by atoms with E-state index in [1.165, 1.54) is 0 Å². The standard InChI is InChI=1S/C11H19BN2O2/c1-8-13-7-9(14(8)6)12-15-10(2,3)11(4,5)16-12/h7H,1-6H3/i1D3,6D3,7D. The van der Waals surface area contributed by atoms with Gasteiger partial charge in [0.1, 0.15) is 5.82 Å². The van der Waals surface area contributed by atoms with Gasteiger partial charge in [-0.2, -0.15) is 0 Å². The van der Waals surface area contributed by atoms with Crippen LogP contribution in [0.25, 0.3) is 0 Å². The van der Waals surface area contributed by atoms with Crippen molar-refractivity contribution in [1.82, 2.24) is 9.55 Å². The molecule has 0 atom stereocenters. The Morgan fingerprint density at radius 2 is 2.00 bits per heavy atom. The Bertz CT molecular complexity index is 605. The molecule has 0 amide bonds. The third-order valence-electron chi connectivity index (χ3n) is 3.21. The van der Waals surface area contributed by atoms with Crippen molar-refractivity contribution >= 4 is 12.7 Å². The monoisotopic (exact) mass is 229 g/mol. The molecule has 1 aliphatic rings. The van der Waals surface area contributed by atoms with Gasteiger partial charge in [-0.15, -0.1) is 0 Å². The van der Waals surface area contributed by atoms with E-state index in [1.54, 1.807) is 27.7 Å². The molecular formula is C11H19BN2O2. The fourth-order valence-corrected chi connectivity index (χ4v) is 1.44. The van der Waals surface area contributed by atoms with Gasteiger partial charge in [0.25, 0.3) is 0 Å². The maximum atomic E-state index is 7.92. The van der Waals surface area contributed by atoms with E-state index in [0.717, 1.165) is 0 Å². The Kier molecular flexibility index (Phi) is 1.19. The average Bonchev–Trinajstić information content (AvgIpc) is 2.73. The predicted octanol–water partition coefficient (Wildman–Crippen LogP) is 1.03. The van der Waals surface area contributed by atoms with Crippen molar-refractivity contribution in [3.05, 3.63) is 12.0 Å². The quantitative estimate of drug-likeness (QED) is 0.675. The van der Waals surface area contributed by atoms with Gasteiger partial charge >= 0.3 is 7.12 Å². The first kappa shape index (κ1) is 5.69. The van der Waals surface area contributed by atoms with Crippen LogP contribution in [0, 0.1) is 6.85 Å². The van der Waals surface area contributed by atoms with E-state index in [4.69, 9.17) is 18.9 Å². The van der Waals surface area contributed by atoms with Gasteiger partial charge in [0.2, 0.25) is 0 Å². The SMILES string of the molecule is [2H]c1nc(C([2H])([2H])[2H])n(C([2H])([2H])[2H])c1B1OC(C)(C)C(C)(C)O1. The molecule has 0 unspecified atom stereocenters. The van der Waals surface area contributed by atoms with Crippen LogP contribution in [-0.2, 0) is 16.3 Å². The molecule has 0 bridgehead atoms. The minimum absolute atomic E-state index is 0.213. The van der Waals surface area contributed by atoms with Gasteiger partial charge in [0.05, 0.1) is 18.2 Å². The molecule has 1 aliphatic heterocycles. The average molecular weight is 229 g/mol. The molecule has 16 heavy (non-hydrogen) atoms. The Balaban J connectivity index is 2.63. The van der Waals surface area contributed by atoms with E-state index in [-0.39, 0.29) is 5.59 Å². The van der Waals surface area contributed by atoms with Crippen molar-refractivity contribution in [2.24, 2.45) is 6.98 Å². The normalized spacial score (nSPS) is 30.8. The Labute approximate surface area is 107 Å². The Hall–Kier alpha value is -0.805. The van der Waals surface area contributed by atoms with E-state index >= 15 is 0 Å². The summed E-state index contributed by atoms with van der Waals surface area (Å²) in [5.74, 6) is -0.674. The zero-order chi connectivity index (χ0) is 18.0. The molecular weight excluding hydrogens is 203 g/mol. The lowest BCUT2D eigenvalue weighted by Gasteiger charge is -2.32. The molecule has 0 saturated carbocycles. The van der Waals surface area contributed by atoms with Crippen molar-refractivity contribution in [3.8, 4) is 0 Å². The molecule has 1 saturated heterocycles. The second kappa shape index (κ2) is 3.34. The fourth-order valence-electron chi connectivity index (χ4n) is 1.44. The van der Waals surface area contributed by atoms with E-state index < -0.39 is 44.1 Å². The number of hydrogen-bond donors (Lipinski definition) is 0. The molecule has 1 aromatic rings. The lowest BCUT2D eigenvalue weighted by molar-refractivity contribution is 0.00578. The molecule has 0 aliphatic carbocycles. The van der Waals surface area contributed by atoms with Crippen LogP contribution in [0.2, 0.25) is 0 Å². The molecule has 0 radical (unpaired) electrons. The van der Waals surface area contributed by atoms with Gasteiger partial charge in [-0.1, -0.05) is 0 Å². The lowest BCUT2D eigenvalue weighted by atomic mass is 9.85. The maximum absolute atomic E-state index is 7.92. The summed E-state index contributed by atoms with van der Waals surface area (Å²) in [4.78, 5) is 3.64. The second-order valence-electron chi connectivity index (χ2n) is 4.86. The molecule has 0 N–H and O–H groups in total. The van der Waals surface area contributed by atoms with Crippen molar-refractivity contribution in [2.75, 3.05) is 0 Å². The molecule has 88 valence electrons. The van der Waals surface area contributed by atoms with Gasteiger partial charge in [-0.05, 0) is 34.5 Å². The van der Waals surface area contributed by atoms with Crippen molar-refractivity contribution < 1.29 is 18.9 Å². The maximum Gasteiger partial charge on any atom is 0.514 e. The van der Waals surface area contributed by atoms with Crippen LogP contribution in [0.1, 0.15) is 43.1 Å². The summed E-state index contributed by atoms with van der Waals surface area (Å²) in [5, 5.41) is 0. The van der Waals surface area contributed by atoms with Crippen LogP contribution in [0.15, 0.2) is 6.17 Å². The molecule has 4 nitrogen and oxygen atoms in total. The Morgan fingerprint density at radius 3 is 2.50 bits per heavy atom. The molecule has 0 spiro atoms. The highest BCUT2D eigenvalue weighted by Gasteiger charge is 2.52. The first-order valence-corrected chi connectivity index (χ1v) is 5.04. The van der Waals surface area contributed by atoms with Gasteiger partial charge < -0.3 is 13.9 Å². The topological polar surface area (TPSA) is 36.3 Å². The largest absolute Gasteiger partial charge is 0.514 e. The minimum atomic E-state index is -2.82. The zero-order valence-electron chi connectivity index (χ0n) is 16.8. The van der Waals surface area contributed by atoms with Crippen LogP contribution >= 0.6 is 0 Å². The number of imidazole rings is 1. The van der Waals surface area contributed by atoms with Gasteiger partial charge in [0, 0.05) is 21.4 Å². The molecule has 0 aromatic carbocycles. The first-order chi connectivity index (χ1) is 10.1.